The monoisotopic (exact) mass is 562 g/mol. The van der Waals surface area contributed by atoms with E-state index in [0.717, 1.165) is 44.0 Å². The Hall–Kier alpha value is -3.01. The molecule has 0 amide bonds. The number of thioether (sulfide) groups is 1. The van der Waals surface area contributed by atoms with Gasteiger partial charge in [0.15, 0.2) is 0 Å². The zero-order chi connectivity index (χ0) is 26.2. The molecule has 4 rings (SSSR count). The standard InChI is InChI=1S/C23H20Cl2N4O2S2.CO2/c1-3-10-32-22-21(16-8-9-18(24)19(25)12-16)26-23(33-22)28-13-17(14(2)27-28)11-15-6-4-5-7-20(15)29(30)31;2-1-3/h4-9,12-13H,3,10-11H2,1-2H3;. The third-order valence-electron chi connectivity index (χ3n) is 4.98. The van der Waals surface area contributed by atoms with Crippen LogP contribution >= 0.6 is 46.3 Å². The molecule has 0 saturated carbocycles. The van der Waals surface area contributed by atoms with E-state index in [0.29, 0.717) is 22.0 Å². The van der Waals surface area contributed by atoms with Crippen LogP contribution in [-0.4, -0.2) is 31.6 Å². The van der Waals surface area contributed by atoms with E-state index < -0.39 is 0 Å². The molecule has 0 radical (unpaired) electrons. The number of aromatic nitrogens is 3. The average Bonchev–Trinajstić information content (AvgIpc) is 3.44. The number of carbonyl (C=O) groups excluding carboxylic acids is 2. The molecule has 0 aliphatic heterocycles. The van der Waals surface area contributed by atoms with Crippen LogP contribution in [0.25, 0.3) is 16.4 Å². The lowest BCUT2D eigenvalue weighted by molar-refractivity contribution is -0.385. The zero-order valence-corrected chi connectivity index (χ0v) is 22.4. The summed E-state index contributed by atoms with van der Waals surface area (Å²) in [6, 6.07) is 12.3. The van der Waals surface area contributed by atoms with E-state index in [2.05, 4.69) is 12.0 Å². The van der Waals surface area contributed by atoms with Gasteiger partial charge in [0.05, 0.1) is 30.6 Å². The predicted octanol–water partition coefficient (Wildman–Crippen LogP) is 7.03. The Labute approximate surface area is 225 Å². The lowest BCUT2D eigenvalue weighted by Crippen LogP contribution is -1.96. The Bertz CT molecular complexity index is 1420. The zero-order valence-electron chi connectivity index (χ0n) is 19.2. The number of nitro groups is 1. The highest BCUT2D eigenvalue weighted by Crippen LogP contribution is 2.39. The Morgan fingerprint density at radius 2 is 1.86 bits per heavy atom. The van der Waals surface area contributed by atoms with E-state index in [1.54, 1.807) is 46.0 Å². The number of hydrogen-bond acceptors (Lipinski definition) is 8. The van der Waals surface area contributed by atoms with Gasteiger partial charge in [-0.3, -0.25) is 10.1 Å². The minimum Gasteiger partial charge on any atom is -0.258 e. The predicted molar refractivity (Wildman–Crippen MR) is 141 cm³/mol. The van der Waals surface area contributed by atoms with Gasteiger partial charge in [-0.05, 0) is 36.8 Å². The molecule has 0 saturated heterocycles. The van der Waals surface area contributed by atoms with Crippen molar-refractivity contribution in [3.8, 4) is 16.4 Å². The quantitative estimate of drug-likeness (QED) is 0.129. The molecule has 186 valence electrons. The molecular weight excluding hydrogens is 543 g/mol. The first-order valence-corrected chi connectivity index (χ1v) is 13.2. The molecule has 4 aromatic rings. The van der Waals surface area contributed by atoms with Gasteiger partial charge in [-0.2, -0.15) is 14.7 Å². The molecule has 0 bridgehead atoms. The van der Waals surface area contributed by atoms with Crippen LogP contribution in [0.3, 0.4) is 0 Å². The van der Waals surface area contributed by atoms with Crippen molar-refractivity contribution in [2.24, 2.45) is 0 Å². The van der Waals surface area contributed by atoms with Crippen LogP contribution in [0, 0.1) is 17.0 Å². The first-order chi connectivity index (χ1) is 17.3. The summed E-state index contributed by atoms with van der Waals surface area (Å²) in [5.41, 5.74) is 4.23. The molecule has 0 unspecified atom stereocenters. The smallest absolute Gasteiger partial charge is 0.258 e. The van der Waals surface area contributed by atoms with E-state index in [9.17, 15) is 10.1 Å². The van der Waals surface area contributed by atoms with Crippen molar-refractivity contribution in [2.75, 3.05) is 5.75 Å². The topological polar surface area (TPSA) is 108 Å². The maximum absolute atomic E-state index is 11.4. The van der Waals surface area contributed by atoms with Gasteiger partial charge >= 0.3 is 6.15 Å². The van der Waals surface area contributed by atoms with Crippen LogP contribution in [0.4, 0.5) is 5.69 Å². The third-order valence-corrected chi connectivity index (χ3v) is 8.23. The van der Waals surface area contributed by atoms with Crippen LogP contribution in [0.1, 0.15) is 30.2 Å². The number of para-hydroxylation sites is 1. The normalized spacial score (nSPS) is 10.4. The second-order valence-corrected chi connectivity index (χ2v) is 10.6. The van der Waals surface area contributed by atoms with Crippen molar-refractivity contribution in [3.63, 3.8) is 0 Å². The summed E-state index contributed by atoms with van der Waals surface area (Å²) in [6.07, 6.45) is 3.61. The maximum atomic E-state index is 11.4. The SMILES string of the molecule is CCCSc1sc(-n2cc(Cc3ccccc3[N+](=O)[O-])c(C)n2)nc1-c1ccc(Cl)c(Cl)c1.O=C=O. The van der Waals surface area contributed by atoms with Gasteiger partial charge in [0.2, 0.25) is 5.13 Å². The molecule has 0 fully saturated rings. The fourth-order valence-electron chi connectivity index (χ4n) is 3.32. The number of rotatable bonds is 8. The molecule has 12 heteroatoms. The van der Waals surface area contributed by atoms with Gasteiger partial charge in [-0.1, -0.05) is 65.7 Å². The second kappa shape index (κ2) is 12.8. The number of hydrogen-bond donors (Lipinski definition) is 0. The minimum absolute atomic E-state index is 0.110. The van der Waals surface area contributed by atoms with Crippen molar-refractivity contribution in [1.82, 2.24) is 14.8 Å². The van der Waals surface area contributed by atoms with Crippen LogP contribution in [-0.2, 0) is 16.0 Å². The van der Waals surface area contributed by atoms with Crippen molar-refractivity contribution >= 4 is 58.1 Å². The number of thiazole rings is 1. The molecule has 2 heterocycles. The Balaban J connectivity index is 0.00000115. The summed E-state index contributed by atoms with van der Waals surface area (Å²) in [7, 11) is 0. The summed E-state index contributed by atoms with van der Waals surface area (Å²) in [6.45, 7) is 4.04. The van der Waals surface area contributed by atoms with Crippen molar-refractivity contribution < 1.29 is 14.5 Å². The minimum atomic E-state index is -0.351. The number of nitro benzene ring substituents is 1. The van der Waals surface area contributed by atoms with Crippen LogP contribution in [0.15, 0.2) is 52.9 Å². The van der Waals surface area contributed by atoms with E-state index in [-0.39, 0.29) is 16.8 Å². The molecule has 8 nitrogen and oxygen atoms in total. The second-order valence-electron chi connectivity index (χ2n) is 7.44. The Morgan fingerprint density at radius 3 is 2.53 bits per heavy atom. The fourth-order valence-corrected chi connectivity index (χ4v) is 5.77. The Morgan fingerprint density at radius 1 is 1.14 bits per heavy atom. The van der Waals surface area contributed by atoms with E-state index in [4.69, 9.17) is 37.8 Å². The average molecular weight is 563 g/mol. The highest BCUT2D eigenvalue weighted by atomic mass is 35.5. The molecule has 2 aromatic heterocycles. The van der Waals surface area contributed by atoms with Crippen molar-refractivity contribution in [2.45, 2.75) is 30.9 Å². The molecule has 0 N–H and O–H groups in total. The Kier molecular flexibility index (Phi) is 9.81. The summed E-state index contributed by atoms with van der Waals surface area (Å²) in [4.78, 5) is 32.2. The first-order valence-electron chi connectivity index (χ1n) is 10.6. The molecular formula is C24H20Cl2N4O4S2. The maximum Gasteiger partial charge on any atom is 0.373 e. The molecule has 36 heavy (non-hydrogen) atoms. The first kappa shape index (κ1) is 27.6. The lowest BCUT2D eigenvalue weighted by Gasteiger charge is -2.03. The van der Waals surface area contributed by atoms with E-state index in [1.807, 2.05) is 31.3 Å². The summed E-state index contributed by atoms with van der Waals surface area (Å²) in [5, 5.41) is 17.7. The van der Waals surface area contributed by atoms with Gasteiger partial charge in [-0.15, -0.1) is 11.8 Å². The van der Waals surface area contributed by atoms with Crippen LogP contribution in [0.2, 0.25) is 10.0 Å². The number of aryl methyl sites for hydroxylation is 1. The van der Waals surface area contributed by atoms with Gasteiger partial charge in [0, 0.05) is 29.8 Å². The molecule has 2 aromatic carbocycles. The van der Waals surface area contributed by atoms with Gasteiger partial charge < -0.3 is 0 Å². The van der Waals surface area contributed by atoms with Crippen LogP contribution in [0.5, 0.6) is 0 Å². The summed E-state index contributed by atoms with van der Waals surface area (Å²) < 4.78 is 2.83. The highest BCUT2D eigenvalue weighted by Gasteiger charge is 2.19. The van der Waals surface area contributed by atoms with Crippen LogP contribution < -0.4 is 0 Å². The number of halogens is 2. The van der Waals surface area contributed by atoms with Gasteiger partial charge in [-0.25, -0.2) is 9.67 Å². The highest BCUT2D eigenvalue weighted by molar-refractivity contribution is 8.01. The van der Waals surface area contributed by atoms with E-state index >= 15 is 0 Å². The molecule has 0 aliphatic carbocycles. The fraction of sp³-hybridized carbons (Fsp3) is 0.208. The molecule has 0 spiro atoms. The lowest BCUT2D eigenvalue weighted by atomic mass is 10.0. The largest absolute Gasteiger partial charge is 0.373 e. The van der Waals surface area contributed by atoms with E-state index in [1.165, 1.54) is 6.07 Å². The van der Waals surface area contributed by atoms with Gasteiger partial charge in [0.25, 0.3) is 5.69 Å². The molecule has 0 aliphatic rings. The van der Waals surface area contributed by atoms with Crippen molar-refractivity contribution in [3.05, 3.63) is 85.6 Å². The number of nitrogens with zero attached hydrogens (tertiary/aromatic N) is 4. The molecule has 0 atom stereocenters. The third kappa shape index (κ3) is 6.60. The summed E-state index contributed by atoms with van der Waals surface area (Å²) in [5.74, 6) is 0.969. The van der Waals surface area contributed by atoms with Gasteiger partial charge in [0.1, 0.15) is 0 Å². The number of benzene rings is 2. The summed E-state index contributed by atoms with van der Waals surface area (Å²) >= 11 is 15.7. The van der Waals surface area contributed by atoms with Crippen molar-refractivity contribution in [1.29, 1.82) is 0 Å².